The molecule has 0 saturated heterocycles. The second kappa shape index (κ2) is 8.01. The molecule has 1 aliphatic heterocycles. The third-order valence-corrected chi connectivity index (χ3v) is 6.92. The molecule has 0 bridgehead atoms. The van der Waals surface area contributed by atoms with E-state index in [1.807, 2.05) is 30.3 Å². The minimum absolute atomic E-state index is 0.0739. The molecule has 1 atom stereocenters. The first kappa shape index (κ1) is 20.3. The molecule has 0 fully saturated rings. The zero-order chi connectivity index (χ0) is 21.3. The zero-order valence-electron chi connectivity index (χ0n) is 16.6. The van der Waals surface area contributed by atoms with Crippen molar-refractivity contribution in [2.24, 2.45) is 0 Å². The number of ether oxygens (including phenoxy) is 2. The Hall–Kier alpha value is -3.03. The van der Waals surface area contributed by atoms with E-state index in [9.17, 15) is 13.5 Å². The Balaban J connectivity index is 1.51. The lowest BCUT2D eigenvalue weighted by Crippen LogP contribution is -2.37. The molecular weight excluding hydrogens is 402 g/mol. The molecule has 1 N–H and O–H groups in total. The van der Waals surface area contributed by atoms with E-state index < -0.39 is 16.1 Å². The Morgan fingerprint density at radius 1 is 1.13 bits per heavy atom. The van der Waals surface area contributed by atoms with Crippen molar-refractivity contribution in [1.82, 2.24) is 0 Å². The number of hydrogen-bond donors (Lipinski definition) is 1. The smallest absolute Gasteiger partial charge is 0.265 e. The minimum atomic E-state index is -3.72. The Kier molecular flexibility index (Phi) is 5.40. The summed E-state index contributed by atoms with van der Waals surface area (Å²) in [5, 5.41) is 12.1. The van der Waals surface area contributed by atoms with Crippen LogP contribution < -0.4 is 13.8 Å². The maximum Gasteiger partial charge on any atom is 0.265 e. The summed E-state index contributed by atoms with van der Waals surface area (Å²) in [6.45, 7) is 3.55. The van der Waals surface area contributed by atoms with Gasteiger partial charge in [-0.2, -0.15) is 0 Å². The average Bonchev–Trinajstić information content (AvgIpc) is 2.96. The van der Waals surface area contributed by atoms with Crippen LogP contribution in [0.15, 0.2) is 72.1 Å². The molecule has 0 amide bonds. The van der Waals surface area contributed by atoms with Crippen LogP contribution >= 0.6 is 0 Å². The topological polar surface area (TPSA) is 76.1 Å². The van der Waals surface area contributed by atoms with Gasteiger partial charge in [-0.1, -0.05) is 36.4 Å². The Morgan fingerprint density at radius 2 is 1.90 bits per heavy atom. The maximum atomic E-state index is 13.0. The number of aliphatic hydroxyl groups is 1. The van der Waals surface area contributed by atoms with Crippen LogP contribution in [0.1, 0.15) is 5.56 Å². The Bertz CT molecular complexity index is 1200. The van der Waals surface area contributed by atoms with Crippen molar-refractivity contribution in [1.29, 1.82) is 0 Å². The van der Waals surface area contributed by atoms with Crippen LogP contribution in [-0.4, -0.2) is 39.9 Å². The normalized spacial score (nSPS) is 15.2. The van der Waals surface area contributed by atoms with Crippen LogP contribution in [0.2, 0.25) is 0 Å². The van der Waals surface area contributed by atoms with E-state index in [1.165, 1.54) is 4.31 Å². The van der Waals surface area contributed by atoms with Gasteiger partial charge in [0.25, 0.3) is 10.0 Å². The number of nitrogens with zero attached hydrogens (tertiary/aromatic N) is 1. The molecule has 0 saturated carbocycles. The van der Waals surface area contributed by atoms with Crippen LogP contribution in [-0.2, 0) is 16.4 Å². The molecule has 0 radical (unpaired) electrons. The van der Waals surface area contributed by atoms with Gasteiger partial charge in [0.1, 0.15) is 12.7 Å². The van der Waals surface area contributed by atoms with Crippen molar-refractivity contribution >= 4 is 26.5 Å². The first-order valence-corrected chi connectivity index (χ1v) is 11.0. The van der Waals surface area contributed by atoms with Crippen LogP contribution in [0.25, 0.3) is 10.8 Å². The van der Waals surface area contributed by atoms with E-state index in [0.29, 0.717) is 29.0 Å². The highest BCUT2D eigenvalue weighted by Crippen LogP contribution is 2.42. The van der Waals surface area contributed by atoms with E-state index in [2.05, 4.69) is 6.58 Å². The highest BCUT2D eigenvalue weighted by molar-refractivity contribution is 7.93. The summed E-state index contributed by atoms with van der Waals surface area (Å²) in [5.41, 5.74) is 1.61. The van der Waals surface area contributed by atoms with Crippen molar-refractivity contribution in [3.63, 3.8) is 0 Å². The van der Waals surface area contributed by atoms with Crippen LogP contribution in [0.3, 0.4) is 0 Å². The van der Waals surface area contributed by atoms with Gasteiger partial charge >= 0.3 is 0 Å². The summed E-state index contributed by atoms with van der Waals surface area (Å²) < 4.78 is 38.4. The van der Waals surface area contributed by atoms with Gasteiger partial charge in [0, 0.05) is 5.39 Å². The predicted molar refractivity (Wildman–Crippen MR) is 117 cm³/mol. The molecule has 3 aromatic carbocycles. The third kappa shape index (κ3) is 3.51. The van der Waals surface area contributed by atoms with E-state index in [1.54, 1.807) is 37.5 Å². The number of rotatable bonds is 8. The summed E-state index contributed by atoms with van der Waals surface area (Å²) >= 11 is 0. The molecule has 156 valence electrons. The van der Waals surface area contributed by atoms with Gasteiger partial charge in [-0.15, -0.1) is 6.58 Å². The summed E-state index contributed by atoms with van der Waals surface area (Å²) in [5.74, 6) is 1.03. The number of hydrogen-bond acceptors (Lipinski definition) is 5. The van der Waals surface area contributed by atoms with E-state index >= 15 is 0 Å². The van der Waals surface area contributed by atoms with Crippen molar-refractivity contribution in [2.75, 3.05) is 24.6 Å². The molecule has 0 unspecified atom stereocenters. The highest BCUT2D eigenvalue weighted by Gasteiger charge is 2.36. The molecule has 3 aromatic rings. The molecule has 1 heterocycles. The highest BCUT2D eigenvalue weighted by atomic mass is 32.2. The molecule has 4 rings (SSSR count). The summed E-state index contributed by atoms with van der Waals surface area (Å²) in [6.07, 6.45) is 1.48. The number of aliphatic hydroxyl groups excluding tert-OH is 1. The zero-order valence-corrected chi connectivity index (χ0v) is 17.4. The van der Waals surface area contributed by atoms with E-state index in [4.69, 9.17) is 9.47 Å². The number of anilines is 1. The Labute approximate surface area is 176 Å². The van der Waals surface area contributed by atoms with E-state index in [0.717, 1.165) is 10.9 Å². The molecule has 0 aromatic heterocycles. The first-order chi connectivity index (χ1) is 14.5. The molecule has 0 spiro atoms. The number of benzene rings is 3. The largest absolute Gasteiger partial charge is 0.493 e. The van der Waals surface area contributed by atoms with Gasteiger partial charge in [0.05, 0.1) is 24.2 Å². The first-order valence-electron chi connectivity index (χ1n) is 9.59. The average molecular weight is 426 g/mol. The second-order valence-electron chi connectivity index (χ2n) is 7.11. The van der Waals surface area contributed by atoms with Gasteiger partial charge in [-0.05, 0) is 41.6 Å². The van der Waals surface area contributed by atoms with Crippen molar-refractivity contribution in [3.8, 4) is 11.5 Å². The van der Waals surface area contributed by atoms with Gasteiger partial charge in [0.2, 0.25) is 0 Å². The van der Waals surface area contributed by atoms with Gasteiger partial charge in [-0.25, -0.2) is 8.42 Å². The van der Waals surface area contributed by atoms with Crippen LogP contribution in [0, 0.1) is 0 Å². The van der Waals surface area contributed by atoms with Crippen molar-refractivity contribution in [3.05, 3.63) is 72.8 Å². The monoisotopic (exact) mass is 425 g/mol. The lowest BCUT2D eigenvalue weighted by atomic mass is 10.1. The summed E-state index contributed by atoms with van der Waals surface area (Å²) in [4.78, 5) is 0.267. The third-order valence-electron chi connectivity index (χ3n) is 5.10. The molecule has 7 heteroatoms. The van der Waals surface area contributed by atoms with Gasteiger partial charge in [-0.3, -0.25) is 4.31 Å². The molecular formula is C23H23NO5S. The number of allylic oxidation sites excluding steroid dienone is 1. The predicted octanol–water partition coefficient (Wildman–Crippen LogP) is 3.53. The fourth-order valence-electron chi connectivity index (χ4n) is 3.71. The fourth-order valence-corrected chi connectivity index (χ4v) is 5.46. The minimum Gasteiger partial charge on any atom is -0.493 e. The van der Waals surface area contributed by atoms with Crippen molar-refractivity contribution in [2.45, 2.75) is 17.4 Å². The lowest BCUT2D eigenvalue weighted by Gasteiger charge is -2.22. The fraction of sp³-hybridized carbons (Fsp3) is 0.217. The SMILES string of the molecule is C=CCc1ccc(OC[C@@H](O)CN2c3cccc4cccc(c34)S2(=O)=O)c(OC)c1. The Morgan fingerprint density at radius 3 is 2.63 bits per heavy atom. The standard InChI is InChI=1S/C23H23NO5S/c1-3-6-16-11-12-20(21(13-16)28-2)29-15-18(25)14-24-19-9-4-7-17-8-5-10-22(23(17)19)30(24,26)27/h3-5,7-13,18,25H,1,6,14-15H2,2H3/t18-/m0/s1. The summed E-state index contributed by atoms with van der Waals surface area (Å²) in [7, 11) is -2.17. The molecule has 6 nitrogen and oxygen atoms in total. The quantitative estimate of drug-likeness (QED) is 0.559. The maximum absolute atomic E-state index is 13.0. The summed E-state index contributed by atoms with van der Waals surface area (Å²) in [6, 6.07) is 16.2. The van der Waals surface area contributed by atoms with Crippen molar-refractivity contribution < 1.29 is 23.0 Å². The molecule has 0 aliphatic carbocycles. The van der Waals surface area contributed by atoms with Gasteiger partial charge < -0.3 is 14.6 Å². The second-order valence-corrected chi connectivity index (χ2v) is 8.94. The number of sulfonamides is 1. The van der Waals surface area contributed by atoms with Gasteiger partial charge in [0.15, 0.2) is 11.5 Å². The molecule has 1 aliphatic rings. The number of β-amino-alcohol motifs (C(OH)–C–C–N with tert-alkyl or cyclic N) is 1. The number of methoxy groups -OCH3 is 1. The van der Waals surface area contributed by atoms with Crippen LogP contribution in [0.4, 0.5) is 5.69 Å². The lowest BCUT2D eigenvalue weighted by molar-refractivity contribution is 0.113. The van der Waals surface area contributed by atoms with E-state index in [-0.39, 0.29) is 18.0 Å². The van der Waals surface area contributed by atoms with Crippen LogP contribution in [0.5, 0.6) is 11.5 Å². The molecule has 30 heavy (non-hydrogen) atoms.